The molecule has 5 heteroatoms. The van der Waals surface area contributed by atoms with Crippen molar-refractivity contribution >= 4 is 0 Å². The highest BCUT2D eigenvalue weighted by atomic mass is 15.2. The number of likely N-dealkylation sites (N-methyl/N-ethyl adjacent to an activating group) is 1. The maximum Gasteiger partial charge on any atom is 0.0951 e. The third-order valence-corrected chi connectivity index (χ3v) is 3.76. The summed E-state index contributed by atoms with van der Waals surface area (Å²) in [6.07, 6.45) is 5.65. The summed E-state index contributed by atoms with van der Waals surface area (Å²) in [5, 5.41) is 0. The van der Waals surface area contributed by atoms with Crippen LogP contribution in [-0.4, -0.2) is 32.5 Å². The van der Waals surface area contributed by atoms with E-state index in [1.165, 1.54) is 5.69 Å². The number of hydrogen-bond acceptors (Lipinski definition) is 4. The molecule has 0 saturated carbocycles. The molecule has 2 aromatic rings. The molecule has 2 heterocycles. The van der Waals surface area contributed by atoms with Crippen molar-refractivity contribution < 1.29 is 0 Å². The fourth-order valence-corrected chi connectivity index (χ4v) is 2.60. The van der Waals surface area contributed by atoms with Crippen LogP contribution in [0.4, 0.5) is 0 Å². The minimum Gasteiger partial charge on any atom is -0.331 e. The SMILES string of the molecule is CCN(Cc1ccccn1)C(CN)c1cncn1C(C)C. The summed E-state index contributed by atoms with van der Waals surface area (Å²) in [6.45, 7) is 8.76. The third-order valence-electron chi connectivity index (χ3n) is 3.76. The monoisotopic (exact) mass is 287 g/mol. The zero-order valence-electron chi connectivity index (χ0n) is 13.1. The van der Waals surface area contributed by atoms with Gasteiger partial charge in [0, 0.05) is 31.5 Å². The summed E-state index contributed by atoms with van der Waals surface area (Å²) in [5.41, 5.74) is 8.29. The molecule has 5 nitrogen and oxygen atoms in total. The number of imidazole rings is 1. The Labute approximate surface area is 126 Å². The van der Waals surface area contributed by atoms with E-state index in [0.29, 0.717) is 12.6 Å². The van der Waals surface area contributed by atoms with E-state index in [4.69, 9.17) is 5.73 Å². The van der Waals surface area contributed by atoms with Gasteiger partial charge in [-0.3, -0.25) is 9.88 Å². The predicted molar refractivity (Wildman–Crippen MR) is 84.7 cm³/mol. The molecule has 0 spiro atoms. The van der Waals surface area contributed by atoms with E-state index in [2.05, 4.69) is 46.3 Å². The summed E-state index contributed by atoms with van der Waals surface area (Å²) in [5.74, 6) is 0. The zero-order valence-corrected chi connectivity index (χ0v) is 13.1. The summed E-state index contributed by atoms with van der Waals surface area (Å²) in [4.78, 5) is 11.1. The second kappa shape index (κ2) is 7.33. The number of rotatable bonds is 7. The molecule has 0 aliphatic carbocycles. The first kappa shape index (κ1) is 15.7. The van der Waals surface area contributed by atoms with Crippen LogP contribution in [0.3, 0.4) is 0 Å². The van der Waals surface area contributed by atoms with Gasteiger partial charge in [0.2, 0.25) is 0 Å². The highest BCUT2D eigenvalue weighted by molar-refractivity contribution is 5.10. The van der Waals surface area contributed by atoms with Gasteiger partial charge in [-0.2, -0.15) is 0 Å². The second-order valence-electron chi connectivity index (χ2n) is 5.46. The molecule has 0 aliphatic heterocycles. The van der Waals surface area contributed by atoms with Crippen LogP contribution in [0.25, 0.3) is 0 Å². The highest BCUT2D eigenvalue weighted by Gasteiger charge is 2.22. The molecule has 0 saturated heterocycles. The van der Waals surface area contributed by atoms with Gasteiger partial charge in [0.15, 0.2) is 0 Å². The van der Waals surface area contributed by atoms with Crippen LogP contribution in [0.15, 0.2) is 36.9 Å². The first-order valence-corrected chi connectivity index (χ1v) is 7.53. The summed E-state index contributed by atoms with van der Waals surface area (Å²) >= 11 is 0. The lowest BCUT2D eigenvalue weighted by Crippen LogP contribution is -2.35. The molecule has 0 radical (unpaired) electrons. The van der Waals surface area contributed by atoms with E-state index in [1.807, 2.05) is 30.9 Å². The average Bonchev–Trinajstić information content (AvgIpc) is 2.97. The predicted octanol–water partition coefficient (Wildman–Crippen LogP) is 2.38. The minimum absolute atomic E-state index is 0.155. The Balaban J connectivity index is 2.23. The van der Waals surface area contributed by atoms with Gasteiger partial charge >= 0.3 is 0 Å². The molecule has 0 amide bonds. The highest BCUT2D eigenvalue weighted by Crippen LogP contribution is 2.23. The molecule has 2 aromatic heterocycles. The molecule has 2 rings (SSSR count). The van der Waals surface area contributed by atoms with E-state index in [1.54, 1.807) is 0 Å². The van der Waals surface area contributed by atoms with Crippen molar-refractivity contribution in [2.45, 2.75) is 39.4 Å². The van der Waals surface area contributed by atoms with Crippen molar-refractivity contribution in [3.63, 3.8) is 0 Å². The zero-order chi connectivity index (χ0) is 15.2. The van der Waals surface area contributed by atoms with E-state index in [0.717, 1.165) is 18.8 Å². The Morgan fingerprint density at radius 2 is 2.14 bits per heavy atom. The Hall–Kier alpha value is -1.72. The van der Waals surface area contributed by atoms with Gasteiger partial charge < -0.3 is 10.3 Å². The molecular weight excluding hydrogens is 262 g/mol. The van der Waals surface area contributed by atoms with Crippen molar-refractivity contribution in [3.05, 3.63) is 48.3 Å². The van der Waals surface area contributed by atoms with Crippen molar-refractivity contribution in [1.29, 1.82) is 0 Å². The van der Waals surface area contributed by atoms with E-state index in [-0.39, 0.29) is 6.04 Å². The van der Waals surface area contributed by atoms with Crippen molar-refractivity contribution in [2.24, 2.45) is 5.73 Å². The third kappa shape index (κ3) is 3.68. The number of pyridine rings is 1. The fourth-order valence-electron chi connectivity index (χ4n) is 2.60. The molecule has 2 N–H and O–H groups in total. The average molecular weight is 287 g/mol. The lowest BCUT2D eigenvalue weighted by Gasteiger charge is -2.30. The molecule has 21 heavy (non-hydrogen) atoms. The molecular formula is C16H25N5. The topological polar surface area (TPSA) is 60.0 Å². The van der Waals surface area contributed by atoms with Crippen LogP contribution in [-0.2, 0) is 6.54 Å². The molecule has 0 aliphatic rings. The van der Waals surface area contributed by atoms with E-state index < -0.39 is 0 Å². The largest absolute Gasteiger partial charge is 0.331 e. The molecule has 1 unspecified atom stereocenters. The maximum absolute atomic E-state index is 6.06. The van der Waals surface area contributed by atoms with Gasteiger partial charge in [0.25, 0.3) is 0 Å². The Bertz CT molecular complexity index is 535. The minimum atomic E-state index is 0.155. The first-order chi connectivity index (χ1) is 10.2. The maximum atomic E-state index is 6.06. The Morgan fingerprint density at radius 3 is 2.71 bits per heavy atom. The lowest BCUT2D eigenvalue weighted by atomic mass is 10.1. The summed E-state index contributed by atoms with van der Waals surface area (Å²) < 4.78 is 2.19. The normalized spacial score (nSPS) is 13.0. The number of nitrogens with two attached hydrogens (primary N) is 1. The summed E-state index contributed by atoms with van der Waals surface area (Å²) in [6, 6.07) is 6.54. The lowest BCUT2D eigenvalue weighted by molar-refractivity contribution is 0.192. The van der Waals surface area contributed by atoms with Crippen molar-refractivity contribution in [3.8, 4) is 0 Å². The molecule has 0 fully saturated rings. The van der Waals surface area contributed by atoms with Gasteiger partial charge in [0.1, 0.15) is 0 Å². The number of nitrogens with zero attached hydrogens (tertiary/aromatic N) is 4. The number of hydrogen-bond donors (Lipinski definition) is 1. The van der Waals surface area contributed by atoms with Gasteiger partial charge in [-0.05, 0) is 32.5 Å². The van der Waals surface area contributed by atoms with Crippen LogP contribution in [0.2, 0.25) is 0 Å². The molecule has 0 bridgehead atoms. The summed E-state index contributed by atoms with van der Waals surface area (Å²) in [7, 11) is 0. The van der Waals surface area contributed by atoms with Crippen LogP contribution in [0, 0.1) is 0 Å². The number of aromatic nitrogens is 3. The molecule has 1 atom stereocenters. The fraction of sp³-hybridized carbons (Fsp3) is 0.500. The van der Waals surface area contributed by atoms with E-state index >= 15 is 0 Å². The Kier molecular flexibility index (Phi) is 5.47. The van der Waals surface area contributed by atoms with Crippen LogP contribution in [0.5, 0.6) is 0 Å². The molecule has 0 aromatic carbocycles. The van der Waals surface area contributed by atoms with Crippen LogP contribution >= 0.6 is 0 Å². The Morgan fingerprint density at radius 1 is 1.33 bits per heavy atom. The van der Waals surface area contributed by atoms with E-state index in [9.17, 15) is 0 Å². The van der Waals surface area contributed by atoms with Crippen molar-refractivity contribution in [2.75, 3.05) is 13.1 Å². The molecule has 114 valence electrons. The van der Waals surface area contributed by atoms with Crippen LogP contribution < -0.4 is 5.73 Å². The second-order valence-corrected chi connectivity index (χ2v) is 5.46. The van der Waals surface area contributed by atoms with Gasteiger partial charge in [-0.15, -0.1) is 0 Å². The standard InChI is InChI=1S/C16H25N5/c1-4-20(11-14-7-5-6-8-19-14)15(9-17)16-10-18-12-21(16)13(2)3/h5-8,10,12-13,15H,4,9,11,17H2,1-3H3. The van der Waals surface area contributed by atoms with Gasteiger partial charge in [0.05, 0.1) is 23.8 Å². The van der Waals surface area contributed by atoms with Crippen molar-refractivity contribution in [1.82, 2.24) is 19.4 Å². The smallest absolute Gasteiger partial charge is 0.0951 e. The first-order valence-electron chi connectivity index (χ1n) is 7.53. The van der Waals surface area contributed by atoms with Gasteiger partial charge in [-0.25, -0.2) is 4.98 Å². The van der Waals surface area contributed by atoms with Gasteiger partial charge in [-0.1, -0.05) is 13.0 Å². The van der Waals surface area contributed by atoms with Crippen LogP contribution in [0.1, 0.15) is 44.2 Å². The quantitative estimate of drug-likeness (QED) is 0.849.